The average Bonchev–Trinajstić information content (AvgIpc) is 3.21. The number of nitrogens with zero attached hydrogens (tertiary/aromatic N) is 3. The minimum absolute atomic E-state index is 0.605. The Morgan fingerprint density at radius 2 is 2.04 bits per heavy atom. The van der Waals surface area contributed by atoms with Crippen molar-refractivity contribution in [3.05, 3.63) is 73.5 Å². The van der Waals surface area contributed by atoms with E-state index in [4.69, 9.17) is 0 Å². The van der Waals surface area contributed by atoms with Crippen molar-refractivity contribution in [2.75, 3.05) is 6.54 Å². The summed E-state index contributed by atoms with van der Waals surface area (Å²) in [5.74, 6) is 0. The Kier molecular flexibility index (Phi) is 5.60. The van der Waals surface area contributed by atoms with E-state index < -0.39 is 0 Å². The molecular weight excluding hydrogens is 402 g/mol. The Bertz CT molecular complexity index is 916. The molecule has 0 aliphatic rings. The molecule has 0 atom stereocenters. The van der Waals surface area contributed by atoms with Crippen molar-refractivity contribution in [3.63, 3.8) is 0 Å². The molecular formula is C18H16BrN3S2. The number of benzene rings is 1. The molecule has 6 heteroatoms. The monoisotopic (exact) mass is 417 g/mol. The van der Waals surface area contributed by atoms with E-state index in [-0.39, 0.29) is 0 Å². The van der Waals surface area contributed by atoms with E-state index in [1.54, 1.807) is 22.7 Å². The third-order valence-corrected chi connectivity index (χ3v) is 5.26. The number of hydrogen-bond acceptors (Lipinski definition) is 4. The van der Waals surface area contributed by atoms with Crippen LogP contribution in [0.1, 0.15) is 12.5 Å². The highest BCUT2D eigenvalue weighted by Gasteiger charge is 2.07. The second-order valence-corrected chi connectivity index (χ2v) is 7.83. The Balaban J connectivity index is 2.06. The van der Waals surface area contributed by atoms with Crippen molar-refractivity contribution in [1.29, 1.82) is 0 Å². The molecule has 2 aromatic heterocycles. The van der Waals surface area contributed by atoms with Crippen LogP contribution >= 0.6 is 38.6 Å². The molecule has 1 aromatic carbocycles. The minimum atomic E-state index is 0.605. The summed E-state index contributed by atoms with van der Waals surface area (Å²) in [4.78, 5) is 5.49. The van der Waals surface area contributed by atoms with Crippen LogP contribution < -0.4 is 4.80 Å². The first kappa shape index (κ1) is 17.1. The van der Waals surface area contributed by atoms with E-state index in [2.05, 4.69) is 55.5 Å². The summed E-state index contributed by atoms with van der Waals surface area (Å²) in [7, 11) is 0. The van der Waals surface area contributed by atoms with Gasteiger partial charge >= 0.3 is 0 Å². The van der Waals surface area contributed by atoms with E-state index in [1.165, 1.54) is 0 Å². The summed E-state index contributed by atoms with van der Waals surface area (Å²) in [5.41, 5.74) is 4.25. The van der Waals surface area contributed by atoms with Gasteiger partial charge in [-0.25, -0.2) is 4.68 Å². The predicted octanol–water partition coefficient (Wildman–Crippen LogP) is 5.40. The van der Waals surface area contributed by atoms with Gasteiger partial charge in [-0.3, -0.25) is 4.99 Å². The summed E-state index contributed by atoms with van der Waals surface area (Å²) in [6, 6.07) is 10.3. The summed E-state index contributed by atoms with van der Waals surface area (Å²) in [5, 5.41) is 10.9. The van der Waals surface area contributed by atoms with Crippen LogP contribution in [-0.2, 0) is 0 Å². The van der Waals surface area contributed by atoms with Crippen molar-refractivity contribution < 1.29 is 0 Å². The highest BCUT2D eigenvalue weighted by Crippen LogP contribution is 2.22. The zero-order valence-corrected chi connectivity index (χ0v) is 16.4. The first-order valence-electron chi connectivity index (χ1n) is 7.31. The lowest BCUT2D eigenvalue weighted by Gasteiger charge is -2.03. The second kappa shape index (κ2) is 7.88. The Morgan fingerprint density at radius 3 is 2.71 bits per heavy atom. The Labute approximate surface area is 157 Å². The van der Waals surface area contributed by atoms with Gasteiger partial charge in [-0.05, 0) is 35.9 Å². The molecule has 0 aliphatic carbocycles. The number of thiazole rings is 1. The fourth-order valence-corrected chi connectivity index (χ4v) is 3.73. The van der Waals surface area contributed by atoms with Gasteiger partial charge in [-0.1, -0.05) is 40.2 Å². The molecule has 3 rings (SSSR count). The topological polar surface area (TPSA) is 29.6 Å². The van der Waals surface area contributed by atoms with Crippen LogP contribution in [0, 0.1) is 0 Å². The third kappa shape index (κ3) is 4.20. The van der Waals surface area contributed by atoms with Crippen LogP contribution in [0.15, 0.2) is 73.2 Å². The number of aromatic nitrogens is 1. The normalized spacial score (nSPS) is 12.2. The van der Waals surface area contributed by atoms with Gasteiger partial charge in [0, 0.05) is 21.0 Å². The molecule has 3 aromatic rings. The third-order valence-electron chi connectivity index (χ3n) is 3.18. The summed E-state index contributed by atoms with van der Waals surface area (Å²) < 4.78 is 2.95. The summed E-state index contributed by atoms with van der Waals surface area (Å²) >= 11 is 6.72. The maximum atomic E-state index is 4.66. The number of thiophene rings is 1. The van der Waals surface area contributed by atoms with Crippen LogP contribution in [0.25, 0.3) is 11.3 Å². The zero-order valence-electron chi connectivity index (χ0n) is 13.1. The van der Waals surface area contributed by atoms with Gasteiger partial charge in [-0.2, -0.15) is 16.4 Å². The molecule has 0 unspecified atom stereocenters. The van der Waals surface area contributed by atoms with Gasteiger partial charge in [0.25, 0.3) is 0 Å². The van der Waals surface area contributed by atoms with Crippen molar-refractivity contribution in [2.45, 2.75) is 6.92 Å². The fourth-order valence-electron chi connectivity index (χ4n) is 2.01. The Morgan fingerprint density at radius 1 is 1.25 bits per heavy atom. The summed E-state index contributed by atoms with van der Waals surface area (Å²) in [6.07, 6.45) is 1.87. The molecule has 0 radical (unpaired) electrons. The van der Waals surface area contributed by atoms with Gasteiger partial charge in [0.1, 0.15) is 0 Å². The second-order valence-electron chi connectivity index (χ2n) is 5.30. The van der Waals surface area contributed by atoms with Crippen LogP contribution in [0.5, 0.6) is 0 Å². The van der Waals surface area contributed by atoms with Crippen molar-refractivity contribution >= 4 is 44.8 Å². The van der Waals surface area contributed by atoms with E-state index in [0.717, 1.165) is 31.7 Å². The van der Waals surface area contributed by atoms with Gasteiger partial charge in [0.05, 0.1) is 18.5 Å². The lowest BCUT2D eigenvalue weighted by molar-refractivity contribution is 0.836. The standard InChI is InChI=1S/C18H16BrN3S2/c1-13(2)9-20-18-22(21-10-14-7-8-23-11-14)17(12-24-18)15-3-5-16(19)6-4-15/h3-8,10-12H,1,9H2,2H3. The Hall–Kier alpha value is -1.76. The molecule has 0 amide bonds. The molecule has 0 saturated heterocycles. The van der Waals surface area contributed by atoms with E-state index in [0.29, 0.717) is 6.54 Å². The predicted molar refractivity (Wildman–Crippen MR) is 108 cm³/mol. The van der Waals surface area contributed by atoms with E-state index >= 15 is 0 Å². The number of halogens is 1. The molecule has 122 valence electrons. The van der Waals surface area contributed by atoms with Gasteiger partial charge in [0.15, 0.2) is 0 Å². The molecule has 0 aliphatic heterocycles. The zero-order chi connectivity index (χ0) is 16.9. The number of hydrogen-bond donors (Lipinski definition) is 0. The summed E-state index contributed by atoms with van der Waals surface area (Å²) in [6.45, 7) is 6.50. The molecule has 3 nitrogen and oxygen atoms in total. The highest BCUT2D eigenvalue weighted by atomic mass is 79.9. The van der Waals surface area contributed by atoms with Crippen LogP contribution in [0.4, 0.5) is 0 Å². The van der Waals surface area contributed by atoms with Crippen molar-refractivity contribution in [2.24, 2.45) is 10.1 Å². The minimum Gasteiger partial charge on any atom is -0.253 e. The lowest BCUT2D eigenvalue weighted by atomic mass is 10.2. The molecule has 0 saturated carbocycles. The highest BCUT2D eigenvalue weighted by molar-refractivity contribution is 9.10. The van der Waals surface area contributed by atoms with Crippen LogP contribution in [-0.4, -0.2) is 17.4 Å². The van der Waals surface area contributed by atoms with Crippen LogP contribution in [0.2, 0.25) is 0 Å². The fraction of sp³-hybridized carbons (Fsp3) is 0.111. The molecule has 0 spiro atoms. The maximum Gasteiger partial charge on any atom is 0.206 e. The molecule has 2 heterocycles. The van der Waals surface area contributed by atoms with Gasteiger partial charge < -0.3 is 0 Å². The van der Waals surface area contributed by atoms with Gasteiger partial charge in [-0.15, -0.1) is 11.3 Å². The van der Waals surface area contributed by atoms with E-state index in [1.807, 2.05) is 41.4 Å². The van der Waals surface area contributed by atoms with Crippen LogP contribution in [0.3, 0.4) is 0 Å². The van der Waals surface area contributed by atoms with Gasteiger partial charge in [0.2, 0.25) is 4.80 Å². The maximum absolute atomic E-state index is 4.66. The molecule has 0 fully saturated rings. The quantitative estimate of drug-likeness (QED) is 0.392. The smallest absolute Gasteiger partial charge is 0.206 e. The van der Waals surface area contributed by atoms with Crippen molar-refractivity contribution in [3.8, 4) is 11.3 Å². The molecule has 0 bridgehead atoms. The average molecular weight is 418 g/mol. The van der Waals surface area contributed by atoms with E-state index in [9.17, 15) is 0 Å². The lowest BCUT2D eigenvalue weighted by Crippen LogP contribution is -2.12. The first-order valence-corrected chi connectivity index (χ1v) is 9.93. The largest absolute Gasteiger partial charge is 0.253 e. The first-order chi connectivity index (χ1) is 11.6. The molecule has 24 heavy (non-hydrogen) atoms. The number of rotatable bonds is 5. The SMILES string of the molecule is C=C(C)CN=c1scc(-c2ccc(Br)cc2)n1N=Cc1ccsc1. The molecule has 0 N–H and O–H groups in total. The van der Waals surface area contributed by atoms with Crippen molar-refractivity contribution in [1.82, 2.24) is 4.68 Å².